The molecule has 33 heavy (non-hydrogen) atoms. The normalized spacial score (nSPS) is 22.3. The lowest BCUT2D eigenvalue weighted by atomic mass is 9.81. The van der Waals surface area contributed by atoms with Gasteiger partial charge >= 0.3 is 6.03 Å². The molecule has 0 radical (unpaired) electrons. The first kappa shape index (κ1) is 21.3. The van der Waals surface area contributed by atoms with Crippen molar-refractivity contribution in [1.82, 2.24) is 19.7 Å². The first-order valence-corrected chi connectivity index (χ1v) is 11.0. The van der Waals surface area contributed by atoms with E-state index < -0.39 is 11.6 Å². The van der Waals surface area contributed by atoms with Crippen LogP contribution >= 0.6 is 0 Å². The van der Waals surface area contributed by atoms with E-state index in [0.717, 1.165) is 33.5 Å². The van der Waals surface area contributed by atoms with Crippen LogP contribution in [0.15, 0.2) is 42.5 Å². The molecule has 1 aromatic heterocycles. The molecule has 0 bridgehead atoms. The highest BCUT2D eigenvalue weighted by Crippen LogP contribution is 2.49. The molecule has 3 heterocycles. The summed E-state index contributed by atoms with van der Waals surface area (Å²) in [6, 6.07) is 11.9. The van der Waals surface area contributed by atoms with E-state index in [4.69, 9.17) is 4.74 Å². The molecule has 2 aliphatic heterocycles. The summed E-state index contributed by atoms with van der Waals surface area (Å²) in [7, 11) is 5.46. The number of methoxy groups -OCH3 is 1. The van der Waals surface area contributed by atoms with Crippen LogP contribution in [0.4, 0.5) is 4.79 Å². The minimum Gasteiger partial charge on any atom is -0.508 e. The molecule has 5 rings (SSSR count). The second kappa shape index (κ2) is 7.52. The standard InChI is InChI=1S/C25H28N4O4/c1-25-14-19-18-13-17(33-4)8-9-20(18)26-21(19)22(15-6-5-7-16(30)12-15)29(25)24(32)28(23(25)31)11-10-27(2)3/h5-9,12-13,22,26,30H,10-11,14H2,1-4H3/t22?,25-/m0/s1. The van der Waals surface area contributed by atoms with E-state index in [2.05, 4.69) is 4.98 Å². The maximum absolute atomic E-state index is 13.7. The number of ether oxygens (including phenoxy) is 1. The number of nitrogens with zero attached hydrogens (tertiary/aromatic N) is 3. The van der Waals surface area contributed by atoms with Crippen LogP contribution in [0.5, 0.6) is 11.5 Å². The lowest BCUT2D eigenvalue weighted by molar-refractivity contribution is -0.133. The number of hydrogen-bond acceptors (Lipinski definition) is 5. The Labute approximate surface area is 192 Å². The first-order chi connectivity index (χ1) is 15.7. The van der Waals surface area contributed by atoms with Crippen molar-refractivity contribution in [2.24, 2.45) is 0 Å². The predicted molar refractivity (Wildman–Crippen MR) is 124 cm³/mol. The van der Waals surface area contributed by atoms with Crippen LogP contribution in [-0.2, 0) is 11.2 Å². The molecule has 0 saturated carbocycles. The van der Waals surface area contributed by atoms with E-state index in [1.54, 1.807) is 30.2 Å². The van der Waals surface area contributed by atoms with Gasteiger partial charge in [0, 0.05) is 36.1 Å². The van der Waals surface area contributed by atoms with Gasteiger partial charge < -0.3 is 19.7 Å². The number of likely N-dealkylation sites (N-methyl/N-ethyl adjacent to an activating group) is 1. The maximum Gasteiger partial charge on any atom is 0.328 e. The topological polar surface area (TPSA) is 89.1 Å². The molecule has 3 aromatic rings. The van der Waals surface area contributed by atoms with E-state index >= 15 is 0 Å². The lowest BCUT2D eigenvalue weighted by Crippen LogP contribution is -2.53. The zero-order valence-corrected chi connectivity index (χ0v) is 19.3. The van der Waals surface area contributed by atoms with Crippen molar-refractivity contribution in [2.75, 3.05) is 34.3 Å². The molecule has 8 nitrogen and oxygen atoms in total. The van der Waals surface area contributed by atoms with Crippen LogP contribution < -0.4 is 4.74 Å². The molecule has 0 spiro atoms. The summed E-state index contributed by atoms with van der Waals surface area (Å²) in [4.78, 5) is 35.9. The summed E-state index contributed by atoms with van der Waals surface area (Å²) in [5.74, 6) is 0.649. The van der Waals surface area contributed by atoms with Gasteiger partial charge in [-0.3, -0.25) is 14.6 Å². The number of amides is 3. The number of phenols is 1. The monoisotopic (exact) mass is 448 g/mol. The van der Waals surface area contributed by atoms with Gasteiger partial charge in [-0.15, -0.1) is 0 Å². The van der Waals surface area contributed by atoms with Crippen molar-refractivity contribution in [2.45, 2.75) is 24.9 Å². The maximum atomic E-state index is 13.7. The third-order valence-corrected chi connectivity index (χ3v) is 6.83. The number of benzene rings is 2. The molecule has 1 fully saturated rings. The summed E-state index contributed by atoms with van der Waals surface area (Å²) in [5, 5.41) is 11.2. The van der Waals surface area contributed by atoms with Crippen LogP contribution in [0.1, 0.15) is 29.8 Å². The Balaban J connectivity index is 1.72. The number of rotatable bonds is 5. The number of imide groups is 1. The second-order valence-electron chi connectivity index (χ2n) is 9.29. The summed E-state index contributed by atoms with van der Waals surface area (Å²) >= 11 is 0. The van der Waals surface area contributed by atoms with Crippen molar-refractivity contribution in [3.05, 3.63) is 59.3 Å². The van der Waals surface area contributed by atoms with Crippen molar-refractivity contribution in [1.29, 1.82) is 0 Å². The van der Waals surface area contributed by atoms with Crippen molar-refractivity contribution in [3.8, 4) is 11.5 Å². The van der Waals surface area contributed by atoms with Crippen LogP contribution in [0, 0.1) is 0 Å². The molecular weight excluding hydrogens is 420 g/mol. The van der Waals surface area contributed by atoms with E-state index in [1.807, 2.05) is 50.2 Å². The Morgan fingerprint density at radius 2 is 2.00 bits per heavy atom. The van der Waals surface area contributed by atoms with Gasteiger partial charge in [0.1, 0.15) is 23.1 Å². The Kier molecular flexibility index (Phi) is 4.86. The number of carbonyl (C=O) groups is 2. The van der Waals surface area contributed by atoms with Crippen LogP contribution in [0.3, 0.4) is 0 Å². The number of fused-ring (bicyclic) bond motifs is 4. The fourth-order valence-corrected chi connectivity index (χ4v) is 5.16. The minimum atomic E-state index is -1.04. The molecule has 2 N–H and O–H groups in total. The molecule has 1 unspecified atom stereocenters. The Hall–Kier alpha value is -3.52. The lowest BCUT2D eigenvalue weighted by Gasteiger charge is -2.42. The first-order valence-electron chi connectivity index (χ1n) is 11.0. The van der Waals surface area contributed by atoms with Gasteiger partial charge in [-0.1, -0.05) is 12.1 Å². The van der Waals surface area contributed by atoms with Crippen molar-refractivity contribution in [3.63, 3.8) is 0 Å². The van der Waals surface area contributed by atoms with Crippen molar-refractivity contribution >= 4 is 22.8 Å². The number of aromatic amines is 1. The molecule has 1 saturated heterocycles. The number of aromatic nitrogens is 1. The molecule has 3 amide bonds. The number of H-pyrrole nitrogens is 1. The second-order valence-corrected chi connectivity index (χ2v) is 9.29. The molecule has 2 aromatic carbocycles. The minimum absolute atomic E-state index is 0.113. The summed E-state index contributed by atoms with van der Waals surface area (Å²) in [5.41, 5.74) is 2.48. The van der Waals surface area contributed by atoms with Crippen LogP contribution in [0.25, 0.3) is 10.9 Å². The van der Waals surface area contributed by atoms with Crippen molar-refractivity contribution < 1.29 is 19.4 Å². The highest BCUT2D eigenvalue weighted by atomic mass is 16.5. The van der Waals surface area contributed by atoms with Gasteiger partial charge in [0.05, 0.1) is 7.11 Å². The van der Waals surface area contributed by atoms with Crippen LogP contribution in [-0.4, -0.2) is 76.6 Å². The molecule has 0 aliphatic carbocycles. The third kappa shape index (κ3) is 3.16. The van der Waals surface area contributed by atoms with E-state index in [0.29, 0.717) is 19.5 Å². The van der Waals surface area contributed by atoms with Gasteiger partial charge in [-0.2, -0.15) is 0 Å². The number of urea groups is 1. The highest BCUT2D eigenvalue weighted by molar-refractivity contribution is 6.08. The summed E-state index contributed by atoms with van der Waals surface area (Å²) in [6.07, 6.45) is 0.397. The number of aromatic hydroxyl groups is 1. The Morgan fingerprint density at radius 3 is 2.70 bits per heavy atom. The van der Waals surface area contributed by atoms with Gasteiger partial charge in [0.2, 0.25) is 0 Å². The molecule has 8 heteroatoms. The van der Waals surface area contributed by atoms with E-state index in [9.17, 15) is 14.7 Å². The van der Waals surface area contributed by atoms with E-state index in [-0.39, 0.29) is 17.7 Å². The van der Waals surface area contributed by atoms with Gasteiger partial charge in [0.15, 0.2) is 0 Å². The summed E-state index contributed by atoms with van der Waals surface area (Å²) < 4.78 is 5.44. The summed E-state index contributed by atoms with van der Waals surface area (Å²) in [6.45, 7) is 2.76. The van der Waals surface area contributed by atoms with Gasteiger partial charge in [-0.25, -0.2) is 4.79 Å². The molecule has 2 aliphatic rings. The highest BCUT2D eigenvalue weighted by Gasteiger charge is 2.60. The number of carbonyl (C=O) groups excluding carboxylic acids is 2. The number of hydrogen-bond donors (Lipinski definition) is 2. The SMILES string of the molecule is COc1ccc2[nH]c3c(c2c1)C[C@@]1(C)C(=O)N(CCN(C)C)C(=O)N1C3c1cccc(O)c1. The van der Waals surface area contributed by atoms with Gasteiger partial charge in [-0.05, 0) is 62.5 Å². The Morgan fingerprint density at radius 1 is 1.21 bits per heavy atom. The Bertz CT molecular complexity index is 1270. The fourth-order valence-electron chi connectivity index (χ4n) is 5.16. The zero-order valence-electron chi connectivity index (χ0n) is 19.3. The van der Waals surface area contributed by atoms with E-state index in [1.165, 1.54) is 4.90 Å². The third-order valence-electron chi connectivity index (χ3n) is 6.83. The molecular formula is C25H28N4O4. The average Bonchev–Trinajstić information content (AvgIpc) is 3.22. The quantitative estimate of drug-likeness (QED) is 0.586. The molecule has 2 atom stereocenters. The number of phenolic OH excluding ortho intramolecular Hbond substituents is 1. The number of nitrogens with one attached hydrogen (secondary N) is 1. The fraction of sp³-hybridized carbons (Fsp3) is 0.360. The smallest absolute Gasteiger partial charge is 0.328 e. The van der Waals surface area contributed by atoms with Gasteiger partial charge in [0.25, 0.3) is 5.91 Å². The largest absolute Gasteiger partial charge is 0.508 e. The average molecular weight is 449 g/mol. The predicted octanol–water partition coefficient (Wildman–Crippen LogP) is 3.11. The zero-order chi connectivity index (χ0) is 23.5. The van der Waals surface area contributed by atoms with Crippen LogP contribution in [0.2, 0.25) is 0 Å². The molecule has 172 valence electrons.